The molecule has 2 atom stereocenters. The Balaban J connectivity index is 1.78. The predicted molar refractivity (Wildman–Crippen MR) is 99.9 cm³/mol. The van der Waals surface area contributed by atoms with Gasteiger partial charge in [0.15, 0.2) is 11.5 Å². The summed E-state index contributed by atoms with van der Waals surface area (Å²) in [6.07, 6.45) is 2.42. The Morgan fingerprint density at radius 2 is 1.88 bits per heavy atom. The zero-order chi connectivity index (χ0) is 18.1. The average Bonchev–Trinajstić information content (AvgIpc) is 3.15. The van der Waals surface area contributed by atoms with Crippen molar-refractivity contribution in [1.82, 2.24) is 14.8 Å². The van der Waals surface area contributed by atoms with Gasteiger partial charge in [0.05, 0.1) is 26.3 Å². The second kappa shape index (κ2) is 6.71. The molecule has 2 heterocycles. The van der Waals surface area contributed by atoms with Crippen molar-refractivity contribution in [2.24, 2.45) is 0 Å². The normalized spacial score (nSPS) is 18.7. The summed E-state index contributed by atoms with van der Waals surface area (Å²) in [7, 11) is 3.32. The molecule has 1 N–H and O–H groups in total. The zero-order valence-electron chi connectivity index (χ0n) is 15.1. The largest absolute Gasteiger partial charge is 0.493 e. The van der Waals surface area contributed by atoms with Crippen LogP contribution in [0.5, 0.6) is 11.5 Å². The standard InChI is InChI=1S/C20H22N4O2/c1-13-7-9-14(10-8-13)16-11-17(24-20(23-16)21-12-22-24)15-5-4-6-18(25-2)19(15)26-3/h4-10,12,16-17H,11H2,1-3H3,(H,21,22,23)/t16-,17-/m1/s1. The number of methoxy groups -OCH3 is 2. The summed E-state index contributed by atoms with van der Waals surface area (Å²) in [5, 5.41) is 7.93. The minimum atomic E-state index is 0.00473. The van der Waals surface area contributed by atoms with Gasteiger partial charge in [0.1, 0.15) is 6.33 Å². The molecular weight excluding hydrogens is 328 g/mol. The molecular formula is C20H22N4O2. The third kappa shape index (κ3) is 2.77. The van der Waals surface area contributed by atoms with Gasteiger partial charge < -0.3 is 14.8 Å². The first-order chi connectivity index (χ1) is 12.7. The van der Waals surface area contributed by atoms with E-state index in [1.165, 1.54) is 11.1 Å². The number of hydrogen-bond acceptors (Lipinski definition) is 5. The summed E-state index contributed by atoms with van der Waals surface area (Å²) in [6, 6.07) is 14.7. The van der Waals surface area contributed by atoms with E-state index in [-0.39, 0.29) is 12.1 Å². The molecule has 0 fully saturated rings. The molecule has 1 aliphatic rings. The van der Waals surface area contributed by atoms with Crippen LogP contribution in [0.2, 0.25) is 0 Å². The lowest BCUT2D eigenvalue weighted by Crippen LogP contribution is -2.28. The topological polar surface area (TPSA) is 61.2 Å². The van der Waals surface area contributed by atoms with E-state index in [9.17, 15) is 0 Å². The number of anilines is 1. The molecule has 3 aromatic rings. The first kappa shape index (κ1) is 16.4. The van der Waals surface area contributed by atoms with Crippen LogP contribution in [-0.4, -0.2) is 29.0 Å². The van der Waals surface area contributed by atoms with Gasteiger partial charge >= 0.3 is 0 Å². The molecule has 0 unspecified atom stereocenters. The van der Waals surface area contributed by atoms with Gasteiger partial charge in [-0.15, -0.1) is 0 Å². The van der Waals surface area contributed by atoms with Crippen LogP contribution in [0.25, 0.3) is 0 Å². The fourth-order valence-corrected chi connectivity index (χ4v) is 3.57. The third-order valence-corrected chi connectivity index (χ3v) is 4.90. The first-order valence-electron chi connectivity index (χ1n) is 8.64. The maximum atomic E-state index is 5.66. The molecule has 0 radical (unpaired) electrons. The highest BCUT2D eigenvalue weighted by molar-refractivity contribution is 5.50. The lowest BCUT2D eigenvalue weighted by molar-refractivity contribution is 0.340. The van der Waals surface area contributed by atoms with Crippen LogP contribution in [0.1, 0.15) is 35.2 Å². The van der Waals surface area contributed by atoms with Gasteiger partial charge in [0.2, 0.25) is 5.95 Å². The third-order valence-electron chi connectivity index (χ3n) is 4.90. The quantitative estimate of drug-likeness (QED) is 0.776. The Morgan fingerprint density at radius 1 is 1.08 bits per heavy atom. The van der Waals surface area contributed by atoms with Gasteiger partial charge in [-0.3, -0.25) is 0 Å². The number of aryl methyl sites for hydroxylation is 1. The molecule has 0 amide bonds. The van der Waals surface area contributed by atoms with Crippen molar-refractivity contribution >= 4 is 5.95 Å². The number of nitrogens with zero attached hydrogens (tertiary/aromatic N) is 3. The van der Waals surface area contributed by atoms with Gasteiger partial charge in [-0.1, -0.05) is 42.0 Å². The second-order valence-corrected chi connectivity index (χ2v) is 6.47. The van der Waals surface area contributed by atoms with E-state index in [1.807, 2.05) is 16.8 Å². The van der Waals surface area contributed by atoms with Crippen LogP contribution in [0.3, 0.4) is 0 Å². The number of aromatic nitrogens is 3. The van der Waals surface area contributed by atoms with Crippen molar-refractivity contribution in [3.63, 3.8) is 0 Å². The molecule has 4 rings (SSSR count). The fraction of sp³-hybridized carbons (Fsp3) is 0.300. The van der Waals surface area contributed by atoms with Gasteiger partial charge in [-0.05, 0) is 25.0 Å². The van der Waals surface area contributed by atoms with Crippen LogP contribution < -0.4 is 14.8 Å². The number of nitrogens with one attached hydrogen (secondary N) is 1. The van der Waals surface area contributed by atoms with Crippen LogP contribution in [0, 0.1) is 6.92 Å². The van der Waals surface area contributed by atoms with Crippen LogP contribution in [-0.2, 0) is 0 Å². The summed E-state index contributed by atoms with van der Waals surface area (Å²) in [4.78, 5) is 4.39. The van der Waals surface area contributed by atoms with Crippen LogP contribution >= 0.6 is 0 Å². The number of fused-ring (bicyclic) bond motifs is 1. The van der Waals surface area contributed by atoms with Crippen molar-refractivity contribution in [3.8, 4) is 11.5 Å². The number of rotatable bonds is 4. The van der Waals surface area contributed by atoms with Gasteiger partial charge in [-0.2, -0.15) is 10.1 Å². The lowest BCUT2D eigenvalue weighted by atomic mass is 9.92. The number of hydrogen-bond donors (Lipinski definition) is 1. The van der Waals surface area contributed by atoms with E-state index in [2.05, 4.69) is 52.7 Å². The molecule has 2 aromatic carbocycles. The maximum Gasteiger partial charge on any atom is 0.222 e. The Kier molecular flexibility index (Phi) is 4.24. The molecule has 0 aliphatic carbocycles. The number of benzene rings is 2. The van der Waals surface area contributed by atoms with E-state index >= 15 is 0 Å². The summed E-state index contributed by atoms with van der Waals surface area (Å²) >= 11 is 0. The van der Waals surface area contributed by atoms with E-state index in [4.69, 9.17) is 9.47 Å². The van der Waals surface area contributed by atoms with Gasteiger partial charge in [0, 0.05) is 5.56 Å². The molecule has 0 spiro atoms. The highest BCUT2D eigenvalue weighted by Crippen LogP contribution is 2.43. The molecule has 1 aliphatic heterocycles. The fourth-order valence-electron chi connectivity index (χ4n) is 3.57. The van der Waals surface area contributed by atoms with Crippen LogP contribution in [0.4, 0.5) is 5.95 Å². The number of para-hydroxylation sites is 1. The molecule has 6 nitrogen and oxygen atoms in total. The van der Waals surface area contributed by atoms with Gasteiger partial charge in [0.25, 0.3) is 0 Å². The van der Waals surface area contributed by atoms with E-state index in [0.29, 0.717) is 0 Å². The minimum Gasteiger partial charge on any atom is -0.493 e. The highest BCUT2D eigenvalue weighted by Gasteiger charge is 2.32. The summed E-state index contributed by atoms with van der Waals surface area (Å²) < 4.78 is 13.1. The molecule has 6 heteroatoms. The Morgan fingerprint density at radius 3 is 2.62 bits per heavy atom. The highest BCUT2D eigenvalue weighted by atomic mass is 16.5. The molecule has 1 aromatic heterocycles. The lowest BCUT2D eigenvalue weighted by Gasteiger charge is -2.32. The van der Waals surface area contributed by atoms with Crippen molar-refractivity contribution in [1.29, 1.82) is 0 Å². The Hall–Kier alpha value is -3.02. The predicted octanol–water partition coefficient (Wildman–Crippen LogP) is 3.75. The SMILES string of the molecule is COc1cccc([C@H]2C[C@H](c3ccc(C)cc3)Nc3ncnn32)c1OC. The maximum absolute atomic E-state index is 5.66. The van der Waals surface area contributed by atoms with Crippen LogP contribution in [0.15, 0.2) is 48.8 Å². The molecule has 0 saturated carbocycles. The summed E-state index contributed by atoms with van der Waals surface area (Å²) in [5.41, 5.74) is 3.52. The zero-order valence-corrected chi connectivity index (χ0v) is 15.1. The van der Waals surface area contributed by atoms with Crippen molar-refractivity contribution in [2.75, 3.05) is 19.5 Å². The van der Waals surface area contributed by atoms with Crippen molar-refractivity contribution < 1.29 is 9.47 Å². The first-order valence-corrected chi connectivity index (χ1v) is 8.64. The van der Waals surface area contributed by atoms with Crippen molar-refractivity contribution in [2.45, 2.75) is 25.4 Å². The molecule has 26 heavy (non-hydrogen) atoms. The molecule has 0 saturated heterocycles. The van der Waals surface area contributed by atoms with Gasteiger partial charge in [-0.25, -0.2) is 4.68 Å². The molecule has 134 valence electrons. The Labute approximate surface area is 152 Å². The monoisotopic (exact) mass is 350 g/mol. The van der Waals surface area contributed by atoms with E-state index in [1.54, 1.807) is 20.5 Å². The van der Waals surface area contributed by atoms with E-state index in [0.717, 1.165) is 29.4 Å². The summed E-state index contributed by atoms with van der Waals surface area (Å²) in [5.74, 6) is 2.22. The van der Waals surface area contributed by atoms with E-state index < -0.39 is 0 Å². The second-order valence-electron chi connectivity index (χ2n) is 6.47. The van der Waals surface area contributed by atoms with Crippen molar-refractivity contribution in [3.05, 3.63) is 65.5 Å². The molecule has 0 bridgehead atoms. The summed E-state index contributed by atoms with van der Waals surface area (Å²) in [6.45, 7) is 2.10. The average molecular weight is 350 g/mol. The smallest absolute Gasteiger partial charge is 0.222 e. The number of ether oxygens (including phenoxy) is 2. The minimum absolute atomic E-state index is 0.00473. The Bertz CT molecular complexity index is 904.